The second-order valence-corrected chi connectivity index (χ2v) is 5.39. The normalized spacial score (nSPS) is 11.0. The SMILES string of the molecule is COc1ccc2nc(CCl)n(-c3ccc(C)c(C)c3)c2c1. The molecule has 0 fully saturated rings. The van der Waals surface area contributed by atoms with E-state index in [4.69, 9.17) is 16.3 Å². The summed E-state index contributed by atoms with van der Waals surface area (Å²) in [5.41, 5.74) is 5.52. The third-order valence-electron chi connectivity index (χ3n) is 3.80. The van der Waals surface area contributed by atoms with Crippen LogP contribution in [0.1, 0.15) is 17.0 Å². The van der Waals surface area contributed by atoms with Crippen LogP contribution < -0.4 is 4.74 Å². The van der Waals surface area contributed by atoms with E-state index in [-0.39, 0.29) is 0 Å². The summed E-state index contributed by atoms with van der Waals surface area (Å²) < 4.78 is 7.42. The second-order valence-electron chi connectivity index (χ2n) is 5.12. The van der Waals surface area contributed by atoms with Gasteiger partial charge in [0.2, 0.25) is 0 Å². The van der Waals surface area contributed by atoms with Crippen molar-refractivity contribution in [2.75, 3.05) is 7.11 Å². The number of alkyl halides is 1. The minimum absolute atomic E-state index is 0.365. The molecule has 4 heteroatoms. The van der Waals surface area contributed by atoms with Crippen LogP contribution >= 0.6 is 11.6 Å². The molecule has 0 aliphatic heterocycles. The Kier molecular flexibility index (Phi) is 3.60. The van der Waals surface area contributed by atoms with Gasteiger partial charge in [-0.15, -0.1) is 11.6 Å². The number of hydrogen-bond donors (Lipinski definition) is 0. The van der Waals surface area contributed by atoms with Crippen molar-refractivity contribution in [1.82, 2.24) is 9.55 Å². The van der Waals surface area contributed by atoms with Crippen molar-refractivity contribution in [3.05, 3.63) is 53.3 Å². The number of halogens is 1. The van der Waals surface area contributed by atoms with E-state index in [2.05, 4.69) is 41.6 Å². The minimum atomic E-state index is 0.365. The van der Waals surface area contributed by atoms with Crippen LogP contribution in [0.2, 0.25) is 0 Å². The lowest BCUT2D eigenvalue weighted by Gasteiger charge is -2.10. The first-order valence-corrected chi connectivity index (χ1v) is 7.36. The molecular formula is C17H17ClN2O. The van der Waals surface area contributed by atoms with Gasteiger partial charge in [0.25, 0.3) is 0 Å². The van der Waals surface area contributed by atoms with E-state index in [0.29, 0.717) is 5.88 Å². The Morgan fingerprint density at radius 1 is 1.10 bits per heavy atom. The van der Waals surface area contributed by atoms with Gasteiger partial charge in [-0.1, -0.05) is 6.07 Å². The fourth-order valence-corrected chi connectivity index (χ4v) is 2.65. The number of nitrogens with zero attached hydrogens (tertiary/aromatic N) is 2. The van der Waals surface area contributed by atoms with E-state index in [1.54, 1.807) is 7.11 Å². The molecule has 21 heavy (non-hydrogen) atoms. The average molecular weight is 301 g/mol. The van der Waals surface area contributed by atoms with Crippen LogP contribution in [-0.2, 0) is 5.88 Å². The van der Waals surface area contributed by atoms with Crippen LogP contribution in [0.3, 0.4) is 0 Å². The van der Waals surface area contributed by atoms with Gasteiger partial charge in [-0.25, -0.2) is 4.98 Å². The summed E-state index contributed by atoms with van der Waals surface area (Å²) >= 11 is 6.08. The average Bonchev–Trinajstić information content (AvgIpc) is 2.87. The number of rotatable bonds is 3. The molecule has 0 radical (unpaired) electrons. The molecule has 1 heterocycles. The number of methoxy groups -OCH3 is 1. The van der Waals surface area contributed by atoms with Crippen molar-refractivity contribution in [2.45, 2.75) is 19.7 Å². The fourth-order valence-electron chi connectivity index (χ4n) is 2.47. The zero-order chi connectivity index (χ0) is 15.0. The van der Waals surface area contributed by atoms with E-state index in [9.17, 15) is 0 Å². The molecule has 108 valence electrons. The van der Waals surface area contributed by atoms with Crippen LogP contribution in [0.5, 0.6) is 5.75 Å². The Hall–Kier alpha value is -2.00. The Bertz CT molecular complexity index is 808. The molecule has 2 aromatic carbocycles. The van der Waals surface area contributed by atoms with Gasteiger partial charge in [-0.3, -0.25) is 4.57 Å². The summed E-state index contributed by atoms with van der Waals surface area (Å²) in [7, 11) is 1.67. The van der Waals surface area contributed by atoms with Gasteiger partial charge in [0.05, 0.1) is 24.0 Å². The highest BCUT2D eigenvalue weighted by molar-refractivity contribution is 6.17. The van der Waals surface area contributed by atoms with Gasteiger partial charge in [0, 0.05) is 11.8 Å². The monoisotopic (exact) mass is 300 g/mol. The van der Waals surface area contributed by atoms with Gasteiger partial charge in [0.15, 0.2) is 0 Å². The molecule has 3 rings (SSSR count). The maximum absolute atomic E-state index is 6.08. The summed E-state index contributed by atoms with van der Waals surface area (Å²) in [4.78, 5) is 4.61. The van der Waals surface area contributed by atoms with Crippen molar-refractivity contribution >= 4 is 22.6 Å². The number of benzene rings is 2. The lowest BCUT2D eigenvalue weighted by atomic mass is 10.1. The highest BCUT2D eigenvalue weighted by atomic mass is 35.5. The summed E-state index contributed by atoms with van der Waals surface area (Å²) in [6.45, 7) is 4.22. The van der Waals surface area contributed by atoms with Crippen molar-refractivity contribution in [3.8, 4) is 11.4 Å². The zero-order valence-corrected chi connectivity index (χ0v) is 13.1. The molecule has 3 aromatic rings. The molecule has 0 saturated carbocycles. The van der Waals surface area contributed by atoms with E-state index in [0.717, 1.165) is 28.3 Å². The molecular weight excluding hydrogens is 284 g/mol. The smallest absolute Gasteiger partial charge is 0.129 e. The summed E-state index contributed by atoms with van der Waals surface area (Å²) in [6, 6.07) is 12.2. The van der Waals surface area contributed by atoms with Crippen LogP contribution in [-0.4, -0.2) is 16.7 Å². The number of aryl methyl sites for hydroxylation is 2. The number of ether oxygens (including phenoxy) is 1. The van der Waals surface area contributed by atoms with Gasteiger partial charge >= 0.3 is 0 Å². The first kappa shape index (κ1) is 14.0. The molecule has 0 unspecified atom stereocenters. The molecule has 0 atom stereocenters. The second kappa shape index (κ2) is 5.41. The molecule has 0 aliphatic carbocycles. The molecule has 0 aliphatic rings. The maximum Gasteiger partial charge on any atom is 0.129 e. The van der Waals surface area contributed by atoms with Crippen molar-refractivity contribution in [2.24, 2.45) is 0 Å². The molecule has 0 N–H and O–H groups in total. The Labute approximate surface area is 129 Å². The predicted octanol–water partition coefficient (Wildman–Crippen LogP) is 4.39. The van der Waals surface area contributed by atoms with Crippen LogP contribution in [0.25, 0.3) is 16.7 Å². The van der Waals surface area contributed by atoms with Gasteiger partial charge in [-0.2, -0.15) is 0 Å². The largest absolute Gasteiger partial charge is 0.497 e. The standard InChI is InChI=1S/C17H17ClN2O/c1-11-4-5-13(8-12(11)2)20-16-9-14(21-3)6-7-15(16)19-17(20)10-18/h4-9H,10H2,1-3H3. The third-order valence-corrected chi connectivity index (χ3v) is 4.04. The third kappa shape index (κ3) is 2.38. The summed E-state index contributed by atoms with van der Waals surface area (Å²) in [6.07, 6.45) is 0. The first-order valence-electron chi connectivity index (χ1n) is 6.83. The minimum Gasteiger partial charge on any atom is -0.497 e. The molecule has 0 saturated heterocycles. The Morgan fingerprint density at radius 2 is 1.90 bits per heavy atom. The van der Waals surface area contributed by atoms with Crippen molar-refractivity contribution < 1.29 is 4.74 Å². The summed E-state index contributed by atoms with van der Waals surface area (Å²) in [5, 5.41) is 0. The van der Waals surface area contributed by atoms with E-state index in [1.165, 1.54) is 11.1 Å². The lowest BCUT2D eigenvalue weighted by molar-refractivity contribution is 0.415. The van der Waals surface area contributed by atoms with E-state index in [1.807, 2.05) is 18.2 Å². The van der Waals surface area contributed by atoms with Crippen LogP contribution in [0.4, 0.5) is 0 Å². The molecule has 0 bridgehead atoms. The zero-order valence-electron chi connectivity index (χ0n) is 12.4. The van der Waals surface area contributed by atoms with Crippen molar-refractivity contribution in [1.29, 1.82) is 0 Å². The first-order chi connectivity index (χ1) is 10.1. The Morgan fingerprint density at radius 3 is 2.57 bits per heavy atom. The maximum atomic E-state index is 6.08. The van der Waals surface area contributed by atoms with Gasteiger partial charge in [0.1, 0.15) is 11.6 Å². The van der Waals surface area contributed by atoms with Crippen LogP contribution in [0, 0.1) is 13.8 Å². The number of fused-ring (bicyclic) bond motifs is 1. The van der Waals surface area contributed by atoms with Crippen LogP contribution in [0.15, 0.2) is 36.4 Å². The Balaban J connectivity index is 2.30. The topological polar surface area (TPSA) is 27.1 Å². The number of hydrogen-bond acceptors (Lipinski definition) is 2. The van der Waals surface area contributed by atoms with E-state index < -0.39 is 0 Å². The van der Waals surface area contributed by atoms with E-state index >= 15 is 0 Å². The fraction of sp³-hybridized carbons (Fsp3) is 0.235. The van der Waals surface area contributed by atoms with Crippen molar-refractivity contribution in [3.63, 3.8) is 0 Å². The highest BCUT2D eigenvalue weighted by Crippen LogP contribution is 2.27. The molecule has 0 amide bonds. The summed E-state index contributed by atoms with van der Waals surface area (Å²) in [5.74, 6) is 2.01. The lowest BCUT2D eigenvalue weighted by Crippen LogP contribution is -2.00. The highest BCUT2D eigenvalue weighted by Gasteiger charge is 2.13. The number of imidazole rings is 1. The molecule has 3 nitrogen and oxygen atoms in total. The molecule has 1 aromatic heterocycles. The quantitative estimate of drug-likeness (QED) is 0.671. The number of aromatic nitrogens is 2. The van der Waals surface area contributed by atoms with Gasteiger partial charge in [-0.05, 0) is 49.2 Å². The molecule has 0 spiro atoms. The van der Waals surface area contributed by atoms with Gasteiger partial charge < -0.3 is 4.74 Å². The predicted molar refractivity (Wildman–Crippen MR) is 86.7 cm³/mol.